The molecular formula is C18H26ClN3O4S. The van der Waals surface area contributed by atoms with Crippen LogP contribution in [0.5, 0.6) is 0 Å². The fourth-order valence-corrected chi connectivity index (χ4v) is 4.42. The van der Waals surface area contributed by atoms with Crippen molar-refractivity contribution in [2.24, 2.45) is 5.41 Å². The van der Waals surface area contributed by atoms with Gasteiger partial charge in [0.25, 0.3) is 0 Å². The number of aryl methyl sites for hydroxylation is 1. The molecule has 0 bridgehead atoms. The van der Waals surface area contributed by atoms with Gasteiger partial charge in [-0.2, -0.15) is 0 Å². The lowest BCUT2D eigenvalue weighted by Gasteiger charge is -2.37. The zero-order valence-electron chi connectivity index (χ0n) is 15.5. The summed E-state index contributed by atoms with van der Waals surface area (Å²) in [6.45, 7) is 4.42. The molecule has 27 heavy (non-hydrogen) atoms. The number of sulfonamides is 1. The van der Waals surface area contributed by atoms with Crippen LogP contribution in [0, 0.1) is 12.3 Å². The van der Waals surface area contributed by atoms with Crippen LogP contribution < -0.4 is 10.0 Å². The van der Waals surface area contributed by atoms with Gasteiger partial charge in [0.15, 0.2) is 5.89 Å². The number of methoxy groups -OCH3 is 1. The van der Waals surface area contributed by atoms with Crippen molar-refractivity contribution >= 4 is 22.4 Å². The van der Waals surface area contributed by atoms with Crippen LogP contribution in [0.3, 0.4) is 0 Å². The molecule has 0 unspecified atom stereocenters. The average Bonchev–Trinajstić information content (AvgIpc) is 3.08. The number of hydrogen-bond donors (Lipinski definition) is 2. The summed E-state index contributed by atoms with van der Waals surface area (Å²) in [6.07, 6.45) is 3.32. The zero-order chi connectivity index (χ0) is 18.6. The normalized spacial score (nSPS) is 16.7. The van der Waals surface area contributed by atoms with Crippen LogP contribution >= 0.6 is 12.4 Å². The summed E-state index contributed by atoms with van der Waals surface area (Å²) in [6, 6.07) is 6.66. The van der Waals surface area contributed by atoms with Crippen molar-refractivity contribution in [2.75, 3.05) is 33.4 Å². The van der Waals surface area contributed by atoms with Crippen LogP contribution in [0.1, 0.15) is 18.7 Å². The molecule has 0 amide bonds. The van der Waals surface area contributed by atoms with Crippen molar-refractivity contribution in [3.05, 3.63) is 36.4 Å². The van der Waals surface area contributed by atoms with Gasteiger partial charge in [0.05, 0.1) is 11.5 Å². The SMILES string of the molecule is COCC1(CNS(=O)(=O)c2ccc(-c3coc(C)n3)cc2)CCNCC1.Cl. The van der Waals surface area contributed by atoms with Gasteiger partial charge in [-0.15, -0.1) is 12.4 Å². The number of hydrogen-bond acceptors (Lipinski definition) is 6. The van der Waals surface area contributed by atoms with E-state index in [4.69, 9.17) is 9.15 Å². The van der Waals surface area contributed by atoms with Crippen molar-refractivity contribution in [3.63, 3.8) is 0 Å². The predicted octanol–water partition coefficient (Wildman–Crippen LogP) is 2.37. The molecule has 1 aliphatic rings. The van der Waals surface area contributed by atoms with Crippen molar-refractivity contribution < 1.29 is 17.6 Å². The van der Waals surface area contributed by atoms with Gasteiger partial charge in [-0.25, -0.2) is 18.1 Å². The van der Waals surface area contributed by atoms with Crippen molar-refractivity contribution in [1.29, 1.82) is 0 Å². The molecule has 0 saturated carbocycles. The van der Waals surface area contributed by atoms with E-state index in [1.54, 1.807) is 44.6 Å². The summed E-state index contributed by atoms with van der Waals surface area (Å²) < 4.78 is 38.6. The van der Waals surface area contributed by atoms with E-state index < -0.39 is 10.0 Å². The lowest BCUT2D eigenvalue weighted by atomic mass is 9.80. The Morgan fingerprint density at radius 3 is 2.48 bits per heavy atom. The van der Waals surface area contributed by atoms with Gasteiger partial charge in [-0.1, -0.05) is 12.1 Å². The van der Waals surface area contributed by atoms with Crippen molar-refractivity contribution in [2.45, 2.75) is 24.7 Å². The third kappa shape index (κ3) is 5.30. The number of nitrogens with one attached hydrogen (secondary N) is 2. The van der Waals surface area contributed by atoms with Crippen LogP contribution in [-0.4, -0.2) is 46.8 Å². The Bertz CT molecular complexity index is 825. The first-order valence-electron chi connectivity index (χ1n) is 8.66. The summed E-state index contributed by atoms with van der Waals surface area (Å²) in [4.78, 5) is 4.49. The third-order valence-electron chi connectivity index (χ3n) is 4.83. The number of aromatic nitrogens is 1. The van der Waals surface area contributed by atoms with E-state index in [9.17, 15) is 8.42 Å². The molecule has 1 saturated heterocycles. The fraction of sp³-hybridized carbons (Fsp3) is 0.500. The monoisotopic (exact) mass is 415 g/mol. The summed E-state index contributed by atoms with van der Waals surface area (Å²) >= 11 is 0. The molecule has 1 aromatic heterocycles. The lowest BCUT2D eigenvalue weighted by molar-refractivity contribution is 0.0577. The Kier molecular flexibility index (Phi) is 7.41. The molecule has 0 spiro atoms. The molecule has 0 atom stereocenters. The van der Waals surface area contributed by atoms with E-state index in [2.05, 4.69) is 15.0 Å². The number of benzene rings is 1. The van der Waals surface area contributed by atoms with E-state index in [0.717, 1.165) is 31.5 Å². The molecule has 1 fully saturated rings. The number of oxazole rings is 1. The number of ether oxygens (including phenoxy) is 1. The van der Waals surface area contributed by atoms with Gasteiger partial charge in [-0.05, 0) is 38.1 Å². The first-order chi connectivity index (χ1) is 12.4. The van der Waals surface area contributed by atoms with E-state index >= 15 is 0 Å². The molecule has 2 aromatic rings. The number of nitrogens with zero attached hydrogens (tertiary/aromatic N) is 1. The van der Waals surface area contributed by atoms with Crippen LogP contribution in [0.2, 0.25) is 0 Å². The number of piperidine rings is 1. The van der Waals surface area contributed by atoms with E-state index in [1.165, 1.54) is 0 Å². The Balaban J connectivity index is 0.00000261. The van der Waals surface area contributed by atoms with E-state index in [1.807, 2.05) is 0 Å². The van der Waals surface area contributed by atoms with E-state index in [0.29, 0.717) is 24.7 Å². The predicted molar refractivity (Wildman–Crippen MR) is 106 cm³/mol. The molecule has 9 heteroatoms. The molecule has 2 N–H and O–H groups in total. The highest BCUT2D eigenvalue weighted by Crippen LogP contribution is 2.29. The van der Waals surface area contributed by atoms with Crippen molar-refractivity contribution in [3.8, 4) is 11.3 Å². The minimum Gasteiger partial charge on any atom is -0.449 e. The van der Waals surface area contributed by atoms with Gasteiger partial charge in [0, 0.05) is 31.6 Å². The lowest BCUT2D eigenvalue weighted by Crippen LogP contribution is -2.47. The van der Waals surface area contributed by atoms with Crippen LogP contribution in [0.25, 0.3) is 11.3 Å². The molecule has 0 aliphatic carbocycles. The highest BCUT2D eigenvalue weighted by molar-refractivity contribution is 7.89. The largest absolute Gasteiger partial charge is 0.449 e. The molecule has 150 valence electrons. The molecule has 7 nitrogen and oxygen atoms in total. The fourth-order valence-electron chi connectivity index (χ4n) is 3.27. The minimum atomic E-state index is -3.58. The maximum absolute atomic E-state index is 12.7. The van der Waals surface area contributed by atoms with Crippen LogP contribution in [0.4, 0.5) is 0 Å². The van der Waals surface area contributed by atoms with Gasteiger partial charge in [0.1, 0.15) is 12.0 Å². The second kappa shape index (κ2) is 9.16. The van der Waals surface area contributed by atoms with Gasteiger partial charge < -0.3 is 14.5 Å². The molecule has 1 aliphatic heterocycles. The molecular weight excluding hydrogens is 390 g/mol. The average molecular weight is 416 g/mol. The molecule has 2 heterocycles. The van der Waals surface area contributed by atoms with Gasteiger partial charge in [0.2, 0.25) is 10.0 Å². The van der Waals surface area contributed by atoms with E-state index in [-0.39, 0.29) is 22.7 Å². The minimum absolute atomic E-state index is 0. The second-order valence-electron chi connectivity index (χ2n) is 6.78. The highest BCUT2D eigenvalue weighted by Gasteiger charge is 2.33. The smallest absolute Gasteiger partial charge is 0.240 e. The first-order valence-corrected chi connectivity index (χ1v) is 10.1. The van der Waals surface area contributed by atoms with Gasteiger partial charge in [-0.3, -0.25) is 0 Å². The Hall–Kier alpha value is -1.45. The maximum Gasteiger partial charge on any atom is 0.240 e. The maximum atomic E-state index is 12.7. The van der Waals surface area contributed by atoms with Crippen LogP contribution in [0.15, 0.2) is 39.8 Å². The second-order valence-corrected chi connectivity index (χ2v) is 8.55. The van der Waals surface area contributed by atoms with Gasteiger partial charge >= 0.3 is 0 Å². The number of rotatable bonds is 7. The highest BCUT2D eigenvalue weighted by atomic mass is 35.5. The number of halogens is 1. The summed E-state index contributed by atoms with van der Waals surface area (Å²) in [5.41, 5.74) is 1.34. The summed E-state index contributed by atoms with van der Waals surface area (Å²) in [7, 11) is -1.92. The Morgan fingerprint density at radius 1 is 1.26 bits per heavy atom. The zero-order valence-corrected chi connectivity index (χ0v) is 17.2. The quantitative estimate of drug-likeness (QED) is 0.721. The third-order valence-corrected chi connectivity index (χ3v) is 6.25. The standard InChI is InChI=1S/C18H25N3O4S.ClH/c1-14-21-17(11-25-14)15-3-5-16(6-4-15)26(22,23)20-12-18(13-24-2)7-9-19-10-8-18;/h3-6,11,19-20H,7-10,12-13H2,1-2H3;1H. The molecule has 3 rings (SSSR count). The molecule has 0 radical (unpaired) electrons. The first kappa shape index (κ1) is 21.8. The topological polar surface area (TPSA) is 93.5 Å². The van der Waals surface area contributed by atoms with Crippen molar-refractivity contribution in [1.82, 2.24) is 15.0 Å². The summed E-state index contributed by atoms with van der Waals surface area (Å²) in [5, 5.41) is 3.30. The Morgan fingerprint density at radius 2 is 1.93 bits per heavy atom. The Labute approximate surface area is 166 Å². The molecule has 1 aromatic carbocycles. The van der Waals surface area contributed by atoms with Crippen LogP contribution in [-0.2, 0) is 14.8 Å². The summed E-state index contributed by atoms with van der Waals surface area (Å²) in [5.74, 6) is 0.573.